The van der Waals surface area contributed by atoms with Crippen LogP contribution in [0.1, 0.15) is 31.3 Å². The Morgan fingerprint density at radius 3 is 2.15 bits per heavy atom. The first-order chi connectivity index (χ1) is 9.53. The molecule has 0 fully saturated rings. The van der Waals surface area contributed by atoms with E-state index in [0.29, 0.717) is 5.69 Å². The lowest BCUT2D eigenvalue weighted by Gasteiger charge is -2.14. The summed E-state index contributed by atoms with van der Waals surface area (Å²) in [6.07, 6.45) is 0. The van der Waals surface area contributed by atoms with Crippen molar-refractivity contribution < 1.29 is 23.8 Å². The maximum Gasteiger partial charge on any atom is 0.328 e. The second-order valence-electron chi connectivity index (χ2n) is 3.85. The zero-order valence-corrected chi connectivity index (χ0v) is 12.0. The number of esters is 2. The van der Waals surface area contributed by atoms with Crippen LogP contribution in [-0.2, 0) is 19.1 Å². The lowest BCUT2D eigenvalue weighted by atomic mass is 10.1. The van der Waals surface area contributed by atoms with Gasteiger partial charge in [0, 0.05) is 11.8 Å². The Morgan fingerprint density at radius 2 is 1.70 bits per heavy atom. The second-order valence-corrected chi connectivity index (χ2v) is 3.85. The van der Waals surface area contributed by atoms with E-state index in [4.69, 9.17) is 14.2 Å². The molecule has 0 N–H and O–H groups in total. The fourth-order valence-corrected chi connectivity index (χ4v) is 1.55. The monoisotopic (exact) mass is 282 g/mol. The summed E-state index contributed by atoms with van der Waals surface area (Å²) in [4.78, 5) is 32.0. The standard InChI is InChI=1S/C13H18N2O5/c1-5-19-12(16)10(13(17)20-6-2)11-14-8(3)7-9(15-11)18-4/h7,10H,5-6H2,1-4H3. The summed E-state index contributed by atoms with van der Waals surface area (Å²) in [7, 11) is 1.44. The second kappa shape index (κ2) is 7.42. The first-order valence-electron chi connectivity index (χ1n) is 6.26. The molecule has 0 saturated heterocycles. The van der Waals surface area contributed by atoms with Crippen molar-refractivity contribution in [1.82, 2.24) is 9.97 Å². The Morgan fingerprint density at radius 1 is 1.15 bits per heavy atom. The number of carbonyl (C=O) groups is 2. The summed E-state index contributed by atoms with van der Waals surface area (Å²) in [5, 5.41) is 0. The van der Waals surface area contributed by atoms with E-state index < -0.39 is 17.9 Å². The molecule has 0 aromatic carbocycles. The third kappa shape index (κ3) is 3.91. The van der Waals surface area contributed by atoms with Gasteiger partial charge in [0.2, 0.25) is 11.8 Å². The predicted octanol–water partition coefficient (Wildman–Crippen LogP) is 1.00. The van der Waals surface area contributed by atoms with Gasteiger partial charge in [-0.15, -0.1) is 0 Å². The fraction of sp³-hybridized carbons (Fsp3) is 0.538. The Labute approximate surface area is 117 Å². The first-order valence-corrected chi connectivity index (χ1v) is 6.26. The molecule has 110 valence electrons. The van der Waals surface area contributed by atoms with E-state index in [-0.39, 0.29) is 24.9 Å². The lowest BCUT2D eigenvalue weighted by Crippen LogP contribution is -2.28. The number of methoxy groups -OCH3 is 1. The zero-order chi connectivity index (χ0) is 15.1. The van der Waals surface area contributed by atoms with Crippen molar-refractivity contribution in [2.24, 2.45) is 0 Å². The van der Waals surface area contributed by atoms with E-state index in [1.807, 2.05) is 0 Å². The summed E-state index contributed by atoms with van der Waals surface area (Å²) in [5.74, 6) is -2.49. The normalized spacial score (nSPS) is 10.2. The number of ether oxygens (including phenoxy) is 3. The van der Waals surface area contributed by atoms with Gasteiger partial charge in [0.25, 0.3) is 0 Å². The van der Waals surface area contributed by atoms with Crippen molar-refractivity contribution in [1.29, 1.82) is 0 Å². The van der Waals surface area contributed by atoms with Gasteiger partial charge in [-0.3, -0.25) is 9.59 Å². The van der Waals surface area contributed by atoms with Gasteiger partial charge in [-0.05, 0) is 20.8 Å². The number of carbonyl (C=O) groups excluding carboxylic acids is 2. The molecule has 7 heteroatoms. The van der Waals surface area contributed by atoms with Gasteiger partial charge in [-0.2, -0.15) is 4.98 Å². The van der Waals surface area contributed by atoms with Crippen molar-refractivity contribution in [3.63, 3.8) is 0 Å². The SMILES string of the molecule is CCOC(=O)C(C(=O)OCC)c1nc(C)cc(OC)n1. The predicted molar refractivity (Wildman–Crippen MR) is 69.3 cm³/mol. The third-order valence-corrected chi connectivity index (χ3v) is 2.36. The van der Waals surface area contributed by atoms with Crippen LogP contribution in [0.2, 0.25) is 0 Å². The highest BCUT2D eigenvalue weighted by atomic mass is 16.6. The molecule has 0 aliphatic heterocycles. The number of nitrogens with zero attached hydrogens (tertiary/aromatic N) is 2. The average molecular weight is 282 g/mol. The van der Waals surface area contributed by atoms with Crippen molar-refractivity contribution in [2.75, 3.05) is 20.3 Å². The summed E-state index contributed by atoms with van der Waals surface area (Å²) in [6.45, 7) is 5.31. The molecule has 0 saturated carbocycles. The van der Waals surface area contributed by atoms with Gasteiger partial charge in [0.15, 0.2) is 5.82 Å². The molecule has 1 rings (SSSR count). The van der Waals surface area contributed by atoms with Crippen LogP contribution in [0.3, 0.4) is 0 Å². The van der Waals surface area contributed by atoms with Gasteiger partial charge in [0.05, 0.1) is 20.3 Å². The highest BCUT2D eigenvalue weighted by Crippen LogP contribution is 2.19. The van der Waals surface area contributed by atoms with Crippen LogP contribution >= 0.6 is 0 Å². The molecular formula is C13H18N2O5. The van der Waals surface area contributed by atoms with Gasteiger partial charge in [-0.1, -0.05) is 0 Å². The number of hydrogen-bond acceptors (Lipinski definition) is 7. The number of aromatic nitrogens is 2. The van der Waals surface area contributed by atoms with Gasteiger partial charge < -0.3 is 14.2 Å². The summed E-state index contributed by atoms with van der Waals surface area (Å²) in [6, 6.07) is 1.59. The molecule has 0 aliphatic rings. The Bertz CT molecular complexity index is 472. The van der Waals surface area contributed by atoms with E-state index >= 15 is 0 Å². The molecule has 0 unspecified atom stereocenters. The molecule has 0 amide bonds. The van der Waals surface area contributed by atoms with Crippen molar-refractivity contribution in [3.8, 4) is 5.88 Å². The molecule has 0 radical (unpaired) electrons. The largest absolute Gasteiger partial charge is 0.481 e. The quantitative estimate of drug-likeness (QED) is 0.568. The van der Waals surface area contributed by atoms with Crippen molar-refractivity contribution >= 4 is 11.9 Å². The van der Waals surface area contributed by atoms with E-state index in [1.165, 1.54) is 7.11 Å². The zero-order valence-electron chi connectivity index (χ0n) is 12.0. The molecule has 7 nitrogen and oxygen atoms in total. The average Bonchev–Trinajstić information content (AvgIpc) is 2.38. The molecule has 20 heavy (non-hydrogen) atoms. The molecule has 1 aromatic heterocycles. The smallest absolute Gasteiger partial charge is 0.328 e. The van der Waals surface area contributed by atoms with E-state index in [9.17, 15) is 9.59 Å². The summed E-state index contributed by atoms with van der Waals surface area (Å²) in [5.41, 5.74) is 0.574. The highest BCUT2D eigenvalue weighted by molar-refractivity contribution is 6.00. The minimum absolute atomic E-state index is 0.0127. The number of hydrogen-bond donors (Lipinski definition) is 0. The Hall–Kier alpha value is -2.18. The van der Waals surface area contributed by atoms with Crippen molar-refractivity contribution in [3.05, 3.63) is 17.6 Å². The summed E-state index contributed by atoms with van der Waals surface area (Å²) >= 11 is 0. The topological polar surface area (TPSA) is 87.6 Å². The van der Waals surface area contributed by atoms with Crippen LogP contribution < -0.4 is 4.74 Å². The van der Waals surface area contributed by atoms with E-state index in [1.54, 1.807) is 26.8 Å². The summed E-state index contributed by atoms with van der Waals surface area (Å²) < 4.78 is 14.8. The Balaban J connectivity index is 3.18. The van der Waals surface area contributed by atoms with Crippen LogP contribution in [0.15, 0.2) is 6.07 Å². The van der Waals surface area contributed by atoms with Gasteiger partial charge >= 0.3 is 11.9 Å². The van der Waals surface area contributed by atoms with Crippen LogP contribution in [-0.4, -0.2) is 42.2 Å². The van der Waals surface area contributed by atoms with Crippen molar-refractivity contribution in [2.45, 2.75) is 26.7 Å². The van der Waals surface area contributed by atoms with Crippen LogP contribution in [0.4, 0.5) is 0 Å². The van der Waals surface area contributed by atoms with Crippen LogP contribution in [0.5, 0.6) is 5.88 Å². The Kier molecular flexibility index (Phi) is 5.89. The molecule has 1 heterocycles. The molecule has 1 aromatic rings. The number of rotatable bonds is 6. The first kappa shape index (κ1) is 15.9. The maximum atomic E-state index is 11.9. The fourth-order valence-electron chi connectivity index (χ4n) is 1.55. The maximum absolute atomic E-state index is 11.9. The minimum atomic E-state index is -1.30. The molecular weight excluding hydrogens is 264 g/mol. The number of aryl methyl sites for hydroxylation is 1. The molecule has 0 bridgehead atoms. The van der Waals surface area contributed by atoms with Gasteiger partial charge in [-0.25, -0.2) is 4.98 Å². The third-order valence-electron chi connectivity index (χ3n) is 2.36. The van der Waals surface area contributed by atoms with Gasteiger partial charge in [0.1, 0.15) is 0 Å². The van der Waals surface area contributed by atoms with Crippen LogP contribution in [0, 0.1) is 6.92 Å². The van der Waals surface area contributed by atoms with Crippen LogP contribution in [0.25, 0.3) is 0 Å². The van der Waals surface area contributed by atoms with E-state index in [2.05, 4.69) is 9.97 Å². The lowest BCUT2D eigenvalue weighted by molar-refractivity contribution is -0.157. The molecule has 0 spiro atoms. The molecule has 0 aliphatic carbocycles. The minimum Gasteiger partial charge on any atom is -0.481 e. The highest BCUT2D eigenvalue weighted by Gasteiger charge is 2.34. The van der Waals surface area contributed by atoms with E-state index in [0.717, 1.165) is 0 Å². The molecule has 0 atom stereocenters.